The second-order valence-corrected chi connectivity index (χ2v) is 10.3. The van der Waals surface area contributed by atoms with E-state index in [2.05, 4.69) is 14.7 Å². The van der Waals surface area contributed by atoms with E-state index in [1.807, 2.05) is 70.2 Å². The number of primary amides is 1. The normalized spacial score (nSPS) is 12.3. The summed E-state index contributed by atoms with van der Waals surface area (Å²) in [5, 5.41) is 3.91. The molecule has 0 saturated carbocycles. The van der Waals surface area contributed by atoms with Crippen molar-refractivity contribution in [1.29, 1.82) is 0 Å². The SMILES string of the molecule is CCC(C)(C)NC(=O)C(c1c[nH]c2ccccc12)N(C(=O)c1snc(C(N)=O)c1N)c1cccc(C)c1. The number of carbonyl (C=O) groups is 3. The molecule has 2 aromatic carbocycles. The molecule has 0 saturated heterocycles. The number of fused-ring (bicyclic) bond motifs is 1. The van der Waals surface area contributed by atoms with Gasteiger partial charge in [-0.05, 0) is 62.5 Å². The van der Waals surface area contributed by atoms with Gasteiger partial charge >= 0.3 is 0 Å². The number of aromatic nitrogens is 2. The standard InChI is InChI=1S/C27H30N6O3S/c1-5-27(3,4)31-25(35)22(18-14-30-19-12-7-6-11-17(18)19)33(16-10-8-9-15(2)13-16)26(36)23-20(28)21(24(29)34)32-37-23/h6-14,22,30H,5,28H2,1-4H3,(H2,29,34)(H,31,35). The molecule has 192 valence electrons. The first-order valence-corrected chi connectivity index (χ1v) is 12.6. The molecule has 2 aromatic heterocycles. The molecule has 1 unspecified atom stereocenters. The highest BCUT2D eigenvalue weighted by Crippen LogP contribution is 2.36. The number of aromatic amines is 1. The number of hydrogen-bond donors (Lipinski definition) is 4. The fourth-order valence-electron chi connectivity index (χ4n) is 4.11. The largest absolute Gasteiger partial charge is 0.395 e. The fourth-order valence-corrected chi connectivity index (χ4v) is 4.85. The van der Waals surface area contributed by atoms with Crippen LogP contribution in [0.25, 0.3) is 10.9 Å². The van der Waals surface area contributed by atoms with Crippen molar-refractivity contribution >= 4 is 51.5 Å². The molecule has 9 nitrogen and oxygen atoms in total. The second-order valence-electron chi connectivity index (χ2n) is 9.57. The van der Waals surface area contributed by atoms with Crippen LogP contribution in [0.3, 0.4) is 0 Å². The molecule has 1 atom stereocenters. The molecule has 0 aliphatic heterocycles. The van der Waals surface area contributed by atoms with Gasteiger partial charge in [0.2, 0.25) is 5.91 Å². The van der Waals surface area contributed by atoms with Gasteiger partial charge in [-0.3, -0.25) is 19.3 Å². The molecule has 10 heteroatoms. The average Bonchev–Trinajstić information content (AvgIpc) is 3.45. The van der Waals surface area contributed by atoms with Crippen molar-refractivity contribution in [1.82, 2.24) is 14.7 Å². The van der Waals surface area contributed by atoms with E-state index in [-0.39, 0.29) is 22.2 Å². The maximum atomic E-state index is 14.2. The molecule has 6 N–H and O–H groups in total. The number of aryl methyl sites for hydroxylation is 1. The number of nitrogen functional groups attached to an aromatic ring is 1. The van der Waals surface area contributed by atoms with Gasteiger partial charge in [-0.1, -0.05) is 37.3 Å². The molecule has 4 rings (SSSR count). The van der Waals surface area contributed by atoms with E-state index in [1.54, 1.807) is 12.3 Å². The number of rotatable bonds is 8. The van der Waals surface area contributed by atoms with Crippen molar-refractivity contribution in [2.45, 2.75) is 45.7 Å². The van der Waals surface area contributed by atoms with Crippen LogP contribution in [0.15, 0.2) is 54.7 Å². The van der Waals surface area contributed by atoms with Gasteiger partial charge in [0.05, 0.1) is 5.69 Å². The van der Waals surface area contributed by atoms with Crippen LogP contribution in [0, 0.1) is 6.92 Å². The number of hydrogen-bond acceptors (Lipinski definition) is 6. The topological polar surface area (TPSA) is 147 Å². The van der Waals surface area contributed by atoms with E-state index in [9.17, 15) is 14.4 Å². The predicted octanol–water partition coefficient (Wildman–Crippen LogP) is 4.31. The number of amides is 3. The Balaban J connectivity index is 1.96. The summed E-state index contributed by atoms with van der Waals surface area (Å²) in [5.41, 5.74) is 13.6. The van der Waals surface area contributed by atoms with Crippen LogP contribution in [-0.2, 0) is 4.79 Å². The number of nitrogens with two attached hydrogens (primary N) is 2. The zero-order valence-corrected chi connectivity index (χ0v) is 22.0. The Kier molecular flexibility index (Phi) is 7.04. The number of H-pyrrole nitrogens is 1. The first kappa shape index (κ1) is 25.9. The van der Waals surface area contributed by atoms with Crippen molar-refractivity contribution in [3.63, 3.8) is 0 Å². The molecule has 0 aliphatic rings. The minimum Gasteiger partial charge on any atom is -0.395 e. The fraction of sp³-hybridized carbons (Fsp3) is 0.259. The summed E-state index contributed by atoms with van der Waals surface area (Å²) in [6.07, 6.45) is 2.43. The Morgan fingerprint density at radius 1 is 1.16 bits per heavy atom. The minimum atomic E-state index is -1.06. The minimum absolute atomic E-state index is 0.0303. The van der Waals surface area contributed by atoms with Crippen molar-refractivity contribution in [2.24, 2.45) is 5.73 Å². The number of benzene rings is 2. The highest BCUT2D eigenvalue weighted by atomic mass is 32.1. The lowest BCUT2D eigenvalue weighted by molar-refractivity contribution is -0.124. The quantitative estimate of drug-likeness (QED) is 0.274. The Bertz CT molecular complexity index is 1490. The number of carbonyl (C=O) groups excluding carboxylic acids is 3. The summed E-state index contributed by atoms with van der Waals surface area (Å²) in [7, 11) is 0. The van der Waals surface area contributed by atoms with E-state index in [0.29, 0.717) is 17.7 Å². The number of nitrogens with zero attached hydrogens (tertiary/aromatic N) is 2. The van der Waals surface area contributed by atoms with Crippen molar-refractivity contribution in [3.05, 3.63) is 76.4 Å². The van der Waals surface area contributed by atoms with Crippen LogP contribution >= 0.6 is 11.5 Å². The van der Waals surface area contributed by atoms with E-state index in [0.717, 1.165) is 28.0 Å². The Hall–Kier alpha value is -4.18. The Labute approximate surface area is 219 Å². The smallest absolute Gasteiger partial charge is 0.273 e. The number of anilines is 2. The van der Waals surface area contributed by atoms with E-state index >= 15 is 0 Å². The summed E-state index contributed by atoms with van der Waals surface area (Å²) < 4.78 is 4.01. The van der Waals surface area contributed by atoms with Crippen LogP contribution in [0.4, 0.5) is 11.4 Å². The van der Waals surface area contributed by atoms with Crippen LogP contribution < -0.4 is 21.7 Å². The lowest BCUT2D eigenvalue weighted by Gasteiger charge is -2.34. The monoisotopic (exact) mass is 518 g/mol. The van der Waals surface area contributed by atoms with Gasteiger partial charge in [-0.15, -0.1) is 0 Å². The highest BCUT2D eigenvalue weighted by molar-refractivity contribution is 7.09. The summed E-state index contributed by atoms with van der Waals surface area (Å²) in [6.45, 7) is 7.74. The molecular formula is C27H30N6O3S. The maximum Gasteiger partial charge on any atom is 0.273 e. The molecule has 0 fully saturated rings. The van der Waals surface area contributed by atoms with Gasteiger partial charge in [0.25, 0.3) is 11.8 Å². The van der Waals surface area contributed by atoms with Crippen molar-refractivity contribution in [2.75, 3.05) is 10.6 Å². The third-order valence-corrected chi connectivity index (χ3v) is 7.27. The van der Waals surface area contributed by atoms with Gasteiger partial charge in [-0.2, -0.15) is 4.37 Å². The first-order chi connectivity index (χ1) is 17.5. The van der Waals surface area contributed by atoms with E-state index in [1.165, 1.54) is 4.90 Å². The Morgan fingerprint density at radius 3 is 2.54 bits per heavy atom. The van der Waals surface area contributed by atoms with Crippen molar-refractivity contribution < 1.29 is 14.4 Å². The van der Waals surface area contributed by atoms with Crippen LogP contribution in [0.2, 0.25) is 0 Å². The molecule has 4 aromatic rings. The molecule has 3 amide bonds. The molecule has 37 heavy (non-hydrogen) atoms. The molecule has 0 radical (unpaired) electrons. The van der Waals surface area contributed by atoms with Gasteiger partial charge < -0.3 is 21.8 Å². The third-order valence-electron chi connectivity index (χ3n) is 6.42. The van der Waals surface area contributed by atoms with E-state index in [4.69, 9.17) is 11.5 Å². The highest BCUT2D eigenvalue weighted by Gasteiger charge is 2.38. The summed E-state index contributed by atoms with van der Waals surface area (Å²) in [4.78, 5) is 44.7. The lowest BCUT2D eigenvalue weighted by Crippen LogP contribution is -2.50. The van der Waals surface area contributed by atoms with Crippen LogP contribution in [0.5, 0.6) is 0 Å². The zero-order valence-electron chi connectivity index (χ0n) is 21.2. The zero-order chi connectivity index (χ0) is 26.9. The second kappa shape index (κ2) is 10.1. The number of para-hydroxylation sites is 1. The summed E-state index contributed by atoms with van der Waals surface area (Å²) in [5.74, 6) is -1.75. The number of nitrogens with one attached hydrogen (secondary N) is 2. The van der Waals surface area contributed by atoms with Crippen LogP contribution in [0.1, 0.15) is 64.5 Å². The average molecular weight is 519 g/mol. The molecular weight excluding hydrogens is 488 g/mol. The molecule has 0 aliphatic carbocycles. The molecule has 2 heterocycles. The van der Waals surface area contributed by atoms with Gasteiger partial charge in [-0.25, -0.2) is 0 Å². The van der Waals surface area contributed by atoms with Gasteiger partial charge in [0, 0.05) is 33.9 Å². The van der Waals surface area contributed by atoms with Gasteiger partial charge in [0.15, 0.2) is 5.69 Å². The molecule has 0 bridgehead atoms. The first-order valence-electron chi connectivity index (χ1n) is 11.9. The Morgan fingerprint density at radius 2 is 1.89 bits per heavy atom. The summed E-state index contributed by atoms with van der Waals surface area (Å²) in [6, 6.07) is 13.8. The van der Waals surface area contributed by atoms with Crippen molar-refractivity contribution in [3.8, 4) is 0 Å². The van der Waals surface area contributed by atoms with Crippen LogP contribution in [-0.4, -0.2) is 32.6 Å². The lowest BCUT2D eigenvalue weighted by atomic mass is 9.97. The van der Waals surface area contributed by atoms with Gasteiger partial charge in [0.1, 0.15) is 10.9 Å². The summed E-state index contributed by atoms with van der Waals surface area (Å²) >= 11 is 0.781. The maximum absolute atomic E-state index is 14.2. The third kappa shape index (κ3) is 5.05. The predicted molar refractivity (Wildman–Crippen MR) is 147 cm³/mol. The van der Waals surface area contributed by atoms with E-state index < -0.39 is 23.4 Å². The molecule has 0 spiro atoms.